The van der Waals surface area contributed by atoms with Gasteiger partial charge in [0, 0.05) is 18.7 Å². The lowest BCUT2D eigenvalue weighted by Crippen LogP contribution is -2.46. The molecule has 1 N–H and O–H groups in total. The molecule has 0 aliphatic carbocycles. The molecule has 1 amide bonds. The molecule has 1 fully saturated rings. The number of morpholine rings is 1. The Kier molecular flexibility index (Phi) is 5.74. The average molecular weight is 268 g/mol. The van der Waals surface area contributed by atoms with Gasteiger partial charge >= 0.3 is 6.09 Å². The van der Waals surface area contributed by atoms with Gasteiger partial charge in [0.15, 0.2) is 0 Å². The van der Waals surface area contributed by atoms with Crippen LogP contribution in [0.5, 0.6) is 0 Å². The number of carbonyl (C=O) groups is 1. The number of non-ortho nitro benzene ring substituents is 1. The van der Waals surface area contributed by atoms with Crippen LogP contribution in [-0.4, -0.2) is 46.8 Å². The van der Waals surface area contributed by atoms with Crippen molar-refractivity contribution in [3.05, 3.63) is 40.4 Å². The summed E-state index contributed by atoms with van der Waals surface area (Å²) in [7, 11) is 0. The molecular weight excluding hydrogens is 252 g/mol. The molecule has 1 atom stereocenters. The Labute approximate surface area is 110 Å². The molecule has 7 heteroatoms. The van der Waals surface area contributed by atoms with E-state index in [1.807, 2.05) is 6.92 Å². The van der Waals surface area contributed by atoms with Crippen LogP contribution in [-0.2, 0) is 4.74 Å². The topological polar surface area (TPSA) is 92.9 Å². The van der Waals surface area contributed by atoms with E-state index in [0.29, 0.717) is 19.8 Å². The fourth-order valence-corrected chi connectivity index (χ4v) is 1.56. The van der Waals surface area contributed by atoms with Gasteiger partial charge < -0.3 is 14.7 Å². The van der Waals surface area contributed by atoms with Crippen LogP contribution >= 0.6 is 0 Å². The summed E-state index contributed by atoms with van der Waals surface area (Å²) in [5.41, 5.74) is 0.137. The lowest BCUT2D eigenvalue weighted by molar-refractivity contribution is -0.384. The van der Waals surface area contributed by atoms with Gasteiger partial charge in [0.05, 0.1) is 24.2 Å². The smallest absolute Gasteiger partial charge is 0.407 e. The van der Waals surface area contributed by atoms with Gasteiger partial charge in [-0.05, 0) is 6.92 Å². The second kappa shape index (κ2) is 7.32. The van der Waals surface area contributed by atoms with Crippen molar-refractivity contribution < 1.29 is 19.6 Å². The third-order valence-electron chi connectivity index (χ3n) is 2.58. The molecule has 0 aromatic heterocycles. The van der Waals surface area contributed by atoms with Crippen molar-refractivity contribution >= 4 is 11.8 Å². The van der Waals surface area contributed by atoms with Crippen molar-refractivity contribution in [1.29, 1.82) is 0 Å². The maximum atomic E-state index is 10.4. The summed E-state index contributed by atoms with van der Waals surface area (Å²) in [6.07, 6.45) is -0.851. The Morgan fingerprint density at radius 3 is 2.47 bits per heavy atom. The Hall–Kier alpha value is -2.15. The third kappa shape index (κ3) is 4.92. The number of benzene rings is 1. The fraction of sp³-hybridized carbons (Fsp3) is 0.417. The molecular formula is C12H16N2O5. The molecule has 1 heterocycles. The Bertz CT molecular complexity index is 423. The van der Waals surface area contributed by atoms with E-state index in [9.17, 15) is 14.9 Å². The first-order valence-corrected chi connectivity index (χ1v) is 5.79. The summed E-state index contributed by atoms with van der Waals surface area (Å²) in [5, 5.41) is 18.6. The molecule has 0 unspecified atom stereocenters. The standard InChI is InChI=1S/C6H11NO3.C6H5NO2/c1-5-4-10-3-2-7(5)6(8)9;8-7(9)6-4-2-1-3-5-6/h5H,2-4H2,1H3,(H,8,9);1-5H/t5-;/m1./s1. The van der Waals surface area contributed by atoms with Gasteiger partial charge in [-0.25, -0.2) is 4.79 Å². The van der Waals surface area contributed by atoms with Crippen LogP contribution in [0.15, 0.2) is 30.3 Å². The van der Waals surface area contributed by atoms with E-state index >= 15 is 0 Å². The van der Waals surface area contributed by atoms with E-state index in [2.05, 4.69) is 0 Å². The predicted octanol–water partition coefficient (Wildman–Crippen LogP) is 1.98. The van der Waals surface area contributed by atoms with Crippen LogP contribution in [0.25, 0.3) is 0 Å². The molecule has 1 aromatic carbocycles. The Morgan fingerprint density at radius 1 is 1.47 bits per heavy atom. The van der Waals surface area contributed by atoms with Crippen molar-refractivity contribution in [2.24, 2.45) is 0 Å². The summed E-state index contributed by atoms with van der Waals surface area (Å²) < 4.78 is 5.06. The summed E-state index contributed by atoms with van der Waals surface area (Å²) in [6.45, 7) is 3.38. The average Bonchev–Trinajstić information content (AvgIpc) is 2.40. The lowest BCUT2D eigenvalue weighted by Gasteiger charge is -2.30. The van der Waals surface area contributed by atoms with Gasteiger partial charge in [0.25, 0.3) is 5.69 Å². The molecule has 0 saturated carbocycles. The van der Waals surface area contributed by atoms with Crippen LogP contribution in [0.3, 0.4) is 0 Å². The zero-order valence-corrected chi connectivity index (χ0v) is 10.6. The summed E-state index contributed by atoms with van der Waals surface area (Å²) in [6, 6.07) is 7.94. The number of nitro benzene ring substituents is 1. The first-order valence-electron chi connectivity index (χ1n) is 5.79. The Morgan fingerprint density at radius 2 is 2.11 bits per heavy atom. The quantitative estimate of drug-likeness (QED) is 0.621. The zero-order valence-electron chi connectivity index (χ0n) is 10.6. The van der Waals surface area contributed by atoms with E-state index in [1.165, 1.54) is 17.0 Å². The van der Waals surface area contributed by atoms with Crippen LogP contribution < -0.4 is 0 Å². The first kappa shape index (κ1) is 14.9. The van der Waals surface area contributed by atoms with E-state index < -0.39 is 11.0 Å². The normalized spacial score (nSPS) is 18.2. The van der Waals surface area contributed by atoms with Crippen molar-refractivity contribution in [1.82, 2.24) is 4.90 Å². The first-order chi connectivity index (χ1) is 9.02. The highest BCUT2D eigenvalue weighted by Crippen LogP contribution is 2.07. The van der Waals surface area contributed by atoms with Crippen molar-refractivity contribution in [3.63, 3.8) is 0 Å². The monoisotopic (exact) mass is 268 g/mol. The molecule has 19 heavy (non-hydrogen) atoms. The largest absolute Gasteiger partial charge is 0.465 e. The lowest BCUT2D eigenvalue weighted by atomic mass is 10.3. The predicted molar refractivity (Wildman–Crippen MR) is 68.1 cm³/mol. The molecule has 0 spiro atoms. The van der Waals surface area contributed by atoms with Gasteiger partial charge in [0.1, 0.15) is 0 Å². The maximum Gasteiger partial charge on any atom is 0.407 e. The molecule has 1 aromatic rings. The minimum Gasteiger partial charge on any atom is -0.465 e. The van der Waals surface area contributed by atoms with Crippen molar-refractivity contribution in [2.45, 2.75) is 13.0 Å². The van der Waals surface area contributed by atoms with E-state index in [0.717, 1.165) is 0 Å². The van der Waals surface area contributed by atoms with E-state index in [4.69, 9.17) is 9.84 Å². The second-order valence-electron chi connectivity index (χ2n) is 3.99. The summed E-state index contributed by atoms with van der Waals surface area (Å²) in [5.74, 6) is 0. The van der Waals surface area contributed by atoms with Crippen LogP contribution in [0.2, 0.25) is 0 Å². The van der Waals surface area contributed by atoms with E-state index in [1.54, 1.807) is 18.2 Å². The molecule has 0 radical (unpaired) electrons. The highest BCUT2D eigenvalue weighted by molar-refractivity contribution is 5.65. The van der Waals surface area contributed by atoms with Gasteiger partial charge in [-0.2, -0.15) is 0 Å². The molecule has 104 valence electrons. The number of hydrogen-bond donors (Lipinski definition) is 1. The molecule has 1 saturated heterocycles. The van der Waals surface area contributed by atoms with Crippen LogP contribution in [0, 0.1) is 10.1 Å². The summed E-state index contributed by atoms with van der Waals surface area (Å²) >= 11 is 0. The minimum absolute atomic E-state index is 0.00579. The molecule has 2 rings (SSSR count). The number of nitrogens with zero attached hydrogens (tertiary/aromatic N) is 2. The van der Waals surface area contributed by atoms with Gasteiger partial charge in [-0.15, -0.1) is 0 Å². The number of amides is 1. The van der Waals surface area contributed by atoms with Gasteiger partial charge in [-0.3, -0.25) is 10.1 Å². The summed E-state index contributed by atoms with van der Waals surface area (Å²) in [4.78, 5) is 21.4. The van der Waals surface area contributed by atoms with Crippen molar-refractivity contribution in [2.75, 3.05) is 19.8 Å². The SMILES string of the molecule is C[C@@H]1COCCN1C(=O)O.O=[N+]([O-])c1ccccc1. The highest BCUT2D eigenvalue weighted by Gasteiger charge is 2.22. The second-order valence-corrected chi connectivity index (χ2v) is 3.99. The number of rotatable bonds is 1. The number of para-hydroxylation sites is 1. The number of carboxylic acid groups (broad SMARTS) is 1. The van der Waals surface area contributed by atoms with Crippen LogP contribution in [0.4, 0.5) is 10.5 Å². The molecule has 7 nitrogen and oxygen atoms in total. The number of hydrogen-bond acceptors (Lipinski definition) is 4. The molecule has 0 bridgehead atoms. The maximum absolute atomic E-state index is 10.4. The van der Waals surface area contributed by atoms with Crippen LogP contribution in [0.1, 0.15) is 6.92 Å². The third-order valence-corrected chi connectivity index (χ3v) is 2.58. The van der Waals surface area contributed by atoms with E-state index in [-0.39, 0.29) is 11.7 Å². The zero-order chi connectivity index (χ0) is 14.3. The minimum atomic E-state index is -0.851. The van der Waals surface area contributed by atoms with Crippen molar-refractivity contribution in [3.8, 4) is 0 Å². The Balaban J connectivity index is 0.000000191. The number of nitro groups is 1. The fourth-order valence-electron chi connectivity index (χ4n) is 1.56. The molecule has 1 aliphatic rings. The highest BCUT2D eigenvalue weighted by atomic mass is 16.6. The number of ether oxygens (including phenoxy) is 1. The van der Waals surface area contributed by atoms with Gasteiger partial charge in [0.2, 0.25) is 0 Å². The molecule has 1 aliphatic heterocycles. The van der Waals surface area contributed by atoms with Gasteiger partial charge in [-0.1, -0.05) is 18.2 Å².